The Labute approximate surface area is 247 Å². The van der Waals surface area contributed by atoms with Crippen LogP contribution in [0.5, 0.6) is 11.5 Å². The molecule has 0 N–H and O–H groups in total. The van der Waals surface area contributed by atoms with Crippen LogP contribution < -0.4 is 19.3 Å². The first-order valence-corrected chi connectivity index (χ1v) is 14.2. The van der Waals surface area contributed by atoms with Crippen molar-refractivity contribution in [1.29, 1.82) is 0 Å². The van der Waals surface area contributed by atoms with Crippen LogP contribution in [0.15, 0.2) is 109 Å². The van der Waals surface area contributed by atoms with E-state index in [1.807, 2.05) is 102 Å². The number of rotatable bonds is 5. The molecule has 0 aromatic heterocycles. The van der Waals surface area contributed by atoms with Crippen molar-refractivity contribution >= 4 is 35.2 Å². The van der Waals surface area contributed by atoms with Gasteiger partial charge >= 0.3 is 5.97 Å². The first-order chi connectivity index (χ1) is 21.1. The molecule has 0 saturated carbocycles. The molecule has 43 heavy (non-hydrogen) atoms. The van der Waals surface area contributed by atoms with Crippen molar-refractivity contribution in [1.82, 2.24) is 0 Å². The maximum absolute atomic E-state index is 14.5. The Hall–Kier alpha value is -5.37. The average Bonchev–Trinajstić information content (AvgIpc) is 3.73. The van der Waals surface area contributed by atoms with Crippen molar-refractivity contribution in [2.75, 3.05) is 16.6 Å². The summed E-state index contributed by atoms with van der Waals surface area (Å²) in [5.74, 6) is -2.06. The molecule has 4 atom stereocenters. The Morgan fingerprint density at radius 2 is 1.42 bits per heavy atom. The van der Waals surface area contributed by atoms with Crippen molar-refractivity contribution in [3.63, 3.8) is 0 Å². The third-order valence-electron chi connectivity index (χ3n) is 8.71. The SMILES string of the molecule is O=C(OC(c1ccccc1)c1ccccc1)[C@@H]1[C@@H]2C(=O)N(c3ccc4c(c3)OCO4)C(=O)[C@H]2[C@H]2C=Cc3ccccc3N21. The highest BCUT2D eigenvalue weighted by Gasteiger charge is 2.65. The van der Waals surface area contributed by atoms with Crippen LogP contribution in [0, 0.1) is 11.8 Å². The lowest BCUT2D eigenvalue weighted by Crippen LogP contribution is -2.49. The molecule has 0 bridgehead atoms. The molecule has 4 aromatic carbocycles. The number of amides is 2. The number of anilines is 2. The number of hydrogen-bond acceptors (Lipinski definition) is 7. The number of fused-ring (bicyclic) bond motifs is 6. The van der Waals surface area contributed by atoms with E-state index in [0.29, 0.717) is 17.2 Å². The third kappa shape index (κ3) is 3.94. The smallest absolute Gasteiger partial charge is 0.330 e. The number of para-hydroxylation sites is 1. The minimum absolute atomic E-state index is 0.0745. The van der Waals surface area contributed by atoms with Gasteiger partial charge in [0.25, 0.3) is 0 Å². The number of carbonyl (C=O) groups excluding carboxylic acids is 3. The minimum atomic E-state index is -1.02. The van der Waals surface area contributed by atoms with E-state index >= 15 is 0 Å². The molecule has 2 fully saturated rings. The van der Waals surface area contributed by atoms with Gasteiger partial charge in [-0.05, 0) is 34.9 Å². The van der Waals surface area contributed by atoms with Gasteiger partial charge in [-0.3, -0.25) is 9.59 Å². The second-order valence-electron chi connectivity index (χ2n) is 11.0. The van der Waals surface area contributed by atoms with E-state index in [2.05, 4.69) is 0 Å². The zero-order chi connectivity index (χ0) is 29.1. The number of imide groups is 1. The van der Waals surface area contributed by atoms with Crippen molar-refractivity contribution in [2.24, 2.45) is 11.8 Å². The molecule has 0 spiro atoms. The predicted molar refractivity (Wildman–Crippen MR) is 158 cm³/mol. The van der Waals surface area contributed by atoms with Gasteiger partial charge in [-0.15, -0.1) is 0 Å². The fourth-order valence-corrected chi connectivity index (χ4v) is 6.83. The molecule has 4 aliphatic heterocycles. The van der Waals surface area contributed by atoms with Gasteiger partial charge in [0.1, 0.15) is 6.04 Å². The first kappa shape index (κ1) is 25.3. The summed E-state index contributed by atoms with van der Waals surface area (Å²) in [4.78, 5) is 45.9. The van der Waals surface area contributed by atoms with Crippen LogP contribution in [-0.2, 0) is 19.1 Å². The molecular formula is C35H26N2O6. The lowest BCUT2D eigenvalue weighted by molar-refractivity contribution is -0.151. The van der Waals surface area contributed by atoms with Crippen LogP contribution in [0.1, 0.15) is 22.8 Å². The standard InChI is InChI=1S/C35H26N2O6/c38-33-29-26-17-15-21-9-7-8-14-25(21)37(26)31(30(29)34(39)36(33)24-16-18-27-28(19-24)42-20-41-27)35(40)43-32(22-10-3-1-4-11-22)23-12-5-2-6-13-23/h1-19,26,29-32H,20H2/t26-,29+,30-,31+/m1/s1. The Balaban J connectivity index is 1.21. The van der Waals surface area contributed by atoms with E-state index in [1.165, 1.54) is 4.90 Å². The van der Waals surface area contributed by atoms with Gasteiger partial charge in [0.15, 0.2) is 17.6 Å². The molecule has 0 unspecified atom stereocenters. The number of esters is 1. The lowest BCUT2D eigenvalue weighted by Gasteiger charge is -2.36. The number of nitrogens with zero attached hydrogens (tertiary/aromatic N) is 2. The third-order valence-corrected chi connectivity index (χ3v) is 8.71. The Morgan fingerprint density at radius 1 is 0.767 bits per heavy atom. The molecule has 2 saturated heterocycles. The van der Waals surface area contributed by atoms with Gasteiger partial charge in [0.2, 0.25) is 18.6 Å². The van der Waals surface area contributed by atoms with Crippen molar-refractivity contribution < 1.29 is 28.6 Å². The molecule has 212 valence electrons. The zero-order valence-corrected chi connectivity index (χ0v) is 22.9. The van der Waals surface area contributed by atoms with E-state index in [9.17, 15) is 14.4 Å². The summed E-state index contributed by atoms with van der Waals surface area (Å²) in [7, 11) is 0. The molecule has 4 aliphatic rings. The van der Waals surface area contributed by atoms with Gasteiger partial charge in [0, 0.05) is 11.8 Å². The van der Waals surface area contributed by atoms with Crippen LogP contribution in [-0.4, -0.2) is 36.7 Å². The maximum Gasteiger partial charge on any atom is 0.330 e. The molecular weight excluding hydrogens is 544 g/mol. The minimum Gasteiger partial charge on any atom is -0.454 e. The highest BCUT2D eigenvalue weighted by Crippen LogP contribution is 2.50. The van der Waals surface area contributed by atoms with E-state index < -0.39 is 41.9 Å². The van der Waals surface area contributed by atoms with Crippen LogP contribution in [0.3, 0.4) is 0 Å². The van der Waals surface area contributed by atoms with Crippen LogP contribution >= 0.6 is 0 Å². The molecule has 0 radical (unpaired) electrons. The summed E-state index contributed by atoms with van der Waals surface area (Å²) in [6, 6.07) is 30.2. The Morgan fingerprint density at radius 3 is 2.16 bits per heavy atom. The summed E-state index contributed by atoms with van der Waals surface area (Å²) >= 11 is 0. The molecule has 8 heteroatoms. The molecule has 8 nitrogen and oxygen atoms in total. The van der Waals surface area contributed by atoms with Gasteiger partial charge in [0.05, 0.1) is 23.6 Å². The Bertz CT molecular complexity index is 1750. The van der Waals surface area contributed by atoms with E-state index in [1.54, 1.807) is 18.2 Å². The van der Waals surface area contributed by atoms with E-state index in [4.69, 9.17) is 14.2 Å². The van der Waals surface area contributed by atoms with Crippen molar-refractivity contribution in [3.05, 3.63) is 126 Å². The second kappa shape index (κ2) is 9.87. The largest absolute Gasteiger partial charge is 0.454 e. The number of benzene rings is 4. The molecule has 8 rings (SSSR count). The van der Waals surface area contributed by atoms with E-state index in [0.717, 1.165) is 22.4 Å². The summed E-state index contributed by atoms with van der Waals surface area (Å²) in [5.41, 5.74) is 3.70. The van der Waals surface area contributed by atoms with Gasteiger partial charge in [-0.1, -0.05) is 91.0 Å². The maximum atomic E-state index is 14.5. The molecule has 2 amide bonds. The van der Waals surface area contributed by atoms with Gasteiger partial charge < -0.3 is 19.1 Å². The summed E-state index contributed by atoms with van der Waals surface area (Å²) < 4.78 is 17.3. The average molecular weight is 571 g/mol. The topological polar surface area (TPSA) is 85.4 Å². The Kier molecular flexibility index (Phi) is 5.82. The van der Waals surface area contributed by atoms with E-state index in [-0.39, 0.29) is 12.7 Å². The summed E-state index contributed by atoms with van der Waals surface area (Å²) in [6.07, 6.45) is 3.19. The first-order valence-electron chi connectivity index (χ1n) is 14.2. The molecule has 0 aliphatic carbocycles. The normalized spacial score (nSPS) is 22.9. The highest BCUT2D eigenvalue weighted by molar-refractivity contribution is 6.24. The van der Waals surface area contributed by atoms with Crippen LogP contribution in [0.4, 0.5) is 11.4 Å². The number of carbonyl (C=O) groups is 3. The quantitative estimate of drug-likeness (QED) is 0.243. The van der Waals surface area contributed by atoms with Gasteiger partial charge in [-0.2, -0.15) is 0 Å². The number of hydrogen-bond donors (Lipinski definition) is 0. The fraction of sp³-hybridized carbons (Fsp3) is 0.171. The lowest BCUT2D eigenvalue weighted by atomic mass is 9.88. The fourth-order valence-electron chi connectivity index (χ4n) is 6.83. The predicted octanol–water partition coefficient (Wildman–Crippen LogP) is 5.14. The van der Waals surface area contributed by atoms with Crippen LogP contribution in [0.2, 0.25) is 0 Å². The molecule has 4 heterocycles. The monoisotopic (exact) mass is 570 g/mol. The summed E-state index contributed by atoms with van der Waals surface area (Å²) in [6.45, 7) is 0.0745. The molecule has 4 aromatic rings. The van der Waals surface area contributed by atoms with Crippen LogP contribution in [0.25, 0.3) is 6.08 Å². The summed E-state index contributed by atoms with van der Waals surface area (Å²) in [5, 5.41) is 0. The second-order valence-corrected chi connectivity index (χ2v) is 11.0. The zero-order valence-electron chi connectivity index (χ0n) is 22.9. The van der Waals surface area contributed by atoms with Crippen molar-refractivity contribution in [3.8, 4) is 11.5 Å². The van der Waals surface area contributed by atoms with Gasteiger partial charge in [-0.25, -0.2) is 9.69 Å². The van der Waals surface area contributed by atoms with Crippen molar-refractivity contribution in [2.45, 2.75) is 18.2 Å². The number of ether oxygens (including phenoxy) is 3. The highest BCUT2D eigenvalue weighted by atomic mass is 16.7.